The molecule has 1 aromatic heterocycles. The maximum atomic E-state index is 12.7. The number of benzene rings is 1. The molecule has 1 aliphatic heterocycles. The highest BCUT2D eigenvalue weighted by atomic mass is 32.2. The van der Waals surface area contributed by atoms with E-state index in [0.29, 0.717) is 18.0 Å². The van der Waals surface area contributed by atoms with E-state index < -0.39 is 5.91 Å². The van der Waals surface area contributed by atoms with E-state index in [1.54, 1.807) is 36.1 Å². The van der Waals surface area contributed by atoms with Gasteiger partial charge in [-0.2, -0.15) is 0 Å². The molecule has 0 aliphatic carbocycles. The molecule has 172 valence electrons. The van der Waals surface area contributed by atoms with Gasteiger partial charge in [-0.15, -0.1) is 0 Å². The second kappa shape index (κ2) is 11.8. The van der Waals surface area contributed by atoms with Gasteiger partial charge in [-0.25, -0.2) is 9.79 Å². The number of hydrogen-bond donors (Lipinski definition) is 3. The Morgan fingerprint density at radius 1 is 1.19 bits per heavy atom. The molecule has 2 heterocycles. The number of hydrogen-bond acceptors (Lipinski definition) is 8. The predicted molar refractivity (Wildman–Crippen MR) is 122 cm³/mol. The van der Waals surface area contributed by atoms with Crippen LogP contribution in [0.4, 0.5) is 0 Å². The molecule has 0 radical (unpaired) electrons. The summed E-state index contributed by atoms with van der Waals surface area (Å²) in [6.07, 6.45) is 5.20. The van der Waals surface area contributed by atoms with E-state index in [0.717, 1.165) is 31.7 Å². The average molecular weight is 460 g/mol. The molecular formula is C22H29N5O4S. The highest BCUT2D eigenvalue weighted by Crippen LogP contribution is 2.31. The Morgan fingerprint density at radius 3 is 2.56 bits per heavy atom. The van der Waals surface area contributed by atoms with Gasteiger partial charge in [-0.1, -0.05) is 6.07 Å². The SMILES string of the molecule is CN(C)CCNC(=O)c1cccc(SN2CCC(Oc3ccncc3)CC2)c1C(=O)NO. The van der Waals surface area contributed by atoms with Crippen LogP contribution in [0.3, 0.4) is 0 Å². The average Bonchev–Trinajstić information content (AvgIpc) is 2.80. The Balaban J connectivity index is 1.65. The van der Waals surface area contributed by atoms with Crippen LogP contribution in [0.15, 0.2) is 47.6 Å². The molecule has 0 unspecified atom stereocenters. The third-order valence-corrected chi connectivity index (χ3v) is 6.19. The quantitative estimate of drug-likeness (QED) is 0.297. The summed E-state index contributed by atoms with van der Waals surface area (Å²) < 4.78 is 8.15. The summed E-state index contributed by atoms with van der Waals surface area (Å²) in [7, 11) is 3.83. The first-order valence-corrected chi connectivity index (χ1v) is 11.2. The topological polar surface area (TPSA) is 107 Å². The first-order valence-electron chi connectivity index (χ1n) is 10.5. The van der Waals surface area contributed by atoms with E-state index >= 15 is 0 Å². The fraction of sp³-hybridized carbons (Fsp3) is 0.409. The second-order valence-corrected chi connectivity index (χ2v) is 8.84. The number of carbonyl (C=O) groups is 2. The summed E-state index contributed by atoms with van der Waals surface area (Å²) >= 11 is 1.41. The van der Waals surface area contributed by atoms with E-state index in [1.807, 2.05) is 31.1 Å². The number of piperidine rings is 1. The van der Waals surface area contributed by atoms with Gasteiger partial charge in [-0.3, -0.25) is 19.8 Å². The Labute approximate surface area is 192 Å². The van der Waals surface area contributed by atoms with Gasteiger partial charge in [0.05, 0.1) is 11.1 Å². The molecule has 0 bridgehead atoms. The van der Waals surface area contributed by atoms with Gasteiger partial charge in [0.2, 0.25) is 0 Å². The van der Waals surface area contributed by atoms with Crippen LogP contribution in [0.5, 0.6) is 5.75 Å². The van der Waals surface area contributed by atoms with Crippen LogP contribution in [0.1, 0.15) is 33.6 Å². The van der Waals surface area contributed by atoms with Crippen molar-refractivity contribution in [2.24, 2.45) is 0 Å². The minimum Gasteiger partial charge on any atom is -0.490 e. The number of rotatable bonds is 9. The molecule has 3 rings (SSSR count). The maximum absolute atomic E-state index is 12.7. The Bertz CT molecular complexity index is 904. The van der Waals surface area contributed by atoms with Crippen molar-refractivity contribution < 1.29 is 19.5 Å². The molecule has 1 fully saturated rings. The highest BCUT2D eigenvalue weighted by molar-refractivity contribution is 7.97. The molecule has 10 heteroatoms. The van der Waals surface area contributed by atoms with Gasteiger partial charge in [-0.05, 0) is 63.2 Å². The molecule has 1 aliphatic rings. The zero-order valence-corrected chi connectivity index (χ0v) is 19.1. The standard InChI is InChI=1S/C22H29N5O4S/c1-26(2)15-12-24-21(28)18-4-3-5-19(20(18)22(29)25-30)32-27-13-8-17(9-14-27)31-16-6-10-23-11-7-16/h3-7,10-11,17,30H,8-9,12-15H2,1-2H3,(H,24,28)(H,25,29). The van der Waals surface area contributed by atoms with Crippen molar-refractivity contribution in [3.05, 3.63) is 53.9 Å². The summed E-state index contributed by atoms with van der Waals surface area (Å²) in [4.78, 5) is 31.7. The molecular weight excluding hydrogens is 430 g/mol. The lowest BCUT2D eigenvalue weighted by atomic mass is 10.1. The summed E-state index contributed by atoms with van der Waals surface area (Å²) in [6, 6.07) is 8.81. The third kappa shape index (κ3) is 6.67. The summed E-state index contributed by atoms with van der Waals surface area (Å²) in [5, 5.41) is 12.1. The van der Waals surface area contributed by atoms with Crippen LogP contribution in [-0.4, -0.2) is 77.6 Å². The number of amides is 2. The van der Waals surface area contributed by atoms with Crippen molar-refractivity contribution in [2.45, 2.75) is 23.8 Å². The molecule has 0 atom stereocenters. The summed E-state index contributed by atoms with van der Waals surface area (Å²) in [6.45, 7) is 2.66. The molecule has 2 amide bonds. The summed E-state index contributed by atoms with van der Waals surface area (Å²) in [5.74, 6) is -0.250. The van der Waals surface area contributed by atoms with Crippen molar-refractivity contribution in [3.63, 3.8) is 0 Å². The normalized spacial score (nSPS) is 14.9. The van der Waals surface area contributed by atoms with Crippen molar-refractivity contribution in [2.75, 3.05) is 40.3 Å². The predicted octanol–water partition coefficient (Wildman–Crippen LogP) is 2.04. The molecule has 0 saturated carbocycles. The number of pyridine rings is 1. The Hall–Kier alpha value is -2.66. The molecule has 32 heavy (non-hydrogen) atoms. The first kappa shape index (κ1) is 24.0. The van der Waals surface area contributed by atoms with Crippen LogP contribution in [0, 0.1) is 0 Å². The molecule has 0 spiro atoms. The van der Waals surface area contributed by atoms with Crippen molar-refractivity contribution >= 4 is 23.8 Å². The van der Waals surface area contributed by atoms with Gasteiger partial charge in [0.25, 0.3) is 11.8 Å². The smallest absolute Gasteiger partial charge is 0.276 e. The second-order valence-electron chi connectivity index (χ2n) is 7.70. The van der Waals surface area contributed by atoms with E-state index in [2.05, 4.69) is 14.6 Å². The monoisotopic (exact) mass is 459 g/mol. The third-order valence-electron chi connectivity index (χ3n) is 5.02. The lowest BCUT2D eigenvalue weighted by Gasteiger charge is -2.31. The van der Waals surface area contributed by atoms with Gasteiger partial charge in [0, 0.05) is 43.5 Å². The van der Waals surface area contributed by atoms with Crippen LogP contribution >= 0.6 is 11.9 Å². The van der Waals surface area contributed by atoms with Gasteiger partial charge < -0.3 is 15.0 Å². The molecule has 1 saturated heterocycles. The number of hydroxylamine groups is 1. The van der Waals surface area contributed by atoms with Crippen LogP contribution in [0.25, 0.3) is 0 Å². The van der Waals surface area contributed by atoms with Crippen LogP contribution < -0.4 is 15.5 Å². The van der Waals surface area contributed by atoms with Crippen molar-refractivity contribution in [1.82, 2.24) is 25.0 Å². The highest BCUT2D eigenvalue weighted by Gasteiger charge is 2.25. The van der Waals surface area contributed by atoms with E-state index in [-0.39, 0.29) is 23.1 Å². The van der Waals surface area contributed by atoms with E-state index in [1.165, 1.54) is 11.9 Å². The molecule has 3 N–H and O–H groups in total. The van der Waals surface area contributed by atoms with Gasteiger partial charge >= 0.3 is 0 Å². The van der Waals surface area contributed by atoms with Gasteiger partial charge in [0.15, 0.2) is 0 Å². The van der Waals surface area contributed by atoms with E-state index in [4.69, 9.17) is 4.74 Å². The van der Waals surface area contributed by atoms with E-state index in [9.17, 15) is 14.8 Å². The van der Waals surface area contributed by atoms with Crippen LogP contribution in [0.2, 0.25) is 0 Å². The fourth-order valence-electron chi connectivity index (χ4n) is 3.36. The zero-order valence-electron chi connectivity index (χ0n) is 18.3. The zero-order chi connectivity index (χ0) is 22.9. The summed E-state index contributed by atoms with van der Waals surface area (Å²) in [5.41, 5.74) is 2.08. The molecule has 2 aromatic rings. The number of aromatic nitrogens is 1. The number of nitrogens with zero attached hydrogens (tertiary/aromatic N) is 3. The van der Waals surface area contributed by atoms with Gasteiger partial charge in [0.1, 0.15) is 11.9 Å². The Kier molecular flexibility index (Phi) is 8.86. The number of likely N-dealkylation sites (N-methyl/N-ethyl adjacent to an activating group) is 1. The molecule has 1 aromatic carbocycles. The Morgan fingerprint density at radius 2 is 1.91 bits per heavy atom. The lowest BCUT2D eigenvalue weighted by Crippen LogP contribution is -2.35. The van der Waals surface area contributed by atoms with Crippen molar-refractivity contribution in [3.8, 4) is 5.75 Å². The number of nitrogens with one attached hydrogen (secondary N) is 2. The fourth-order valence-corrected chi connectivity index (χ4v) is 4.47. The van der Waals surface area contributed by atoms with Crippen molar-refractivity contribution in [1.29, 1.82) is 0 Å². The minimum atomic E-state index is -0.707. The minimum absolute atomic E-state index is 0.114. The number of carbonyl (C=O) groups excluding carboxylic acids is 2. The first-order chi connectivity index (χ1) is 15.5. The number of ether oxygens (including phenoxy) is 1. The largest absolute Gasteiger partial charge is 0.490 e. The lowest BCUT2D eigenvalue weighted by molar-refractivity contribution is 0.0698. The molecule has 9 nitrogen and oxygen atoms in total. The maximum Gasteiger partial charge on any atom is 0.276 e. The van der Waals surface area contributed by atoms with Crippen LogP contribution in [-0.2, 0) is 0 Å².